The van der Waals surface area contributed by atoms with Crippen LogP contribution < -0.4 is 5.32 Å². The van der Waals surface area contributed by atoms with Gasteiger partial charge in [-0.25, -0.2) is 0 Å². The van der Waals surface area contributed by atoms with Crippen LogP contribution in [0.5, 0.6) is 0 Å². The van der Waals surface area contributed by atoms with E-state index in [1.807, 2.05) is 13.8 Å². The van der Waals surface area contributed by atoms with Crippen LogP contribution in [0.15, 0.2) is 42.5 Å². The van der Waals surface area contributed by atoms with Gasteiger partial charge in [0, 0.05) is 38.3 Å². The smallest absolute Gasteiger partial charge is 0.261 e. The predicted octanol–water partition coefficient (Wildman–Crippen LogP) is 2.96. The molecule has 1 heterocycles. The van der Waals surface area contributed by atoms with Crippen molar-refractivity contribution in [2.45, 2.75) is 26.8 Å². The summed E-state index contributed by atoms with van der Waals surface area (Å²) < 4.78 is 0. The average molecular weight is 421 g/mol. The van der Waals surface area contributed by atoms with Gasteiger partial charge in [0.05, 0.1) is 11.1 Å². The molecule has 0 spiro atoms. The van der Waals surface area contributed by atoms with E-state index in [2.05, 4.69) is 5.32 Å². The molecule has 162 valence electrons. The second-order valence-corrected chi connectivity index (χ2v) is 8.14. The molecule has 0 aliphatic carbocycles. The van der Waals surface area contributed by atoms with Crippen molar-refractivity contribution in [3.8, 4) is 0 Å². The van der Waals surface area contributed by atoms with Gasteiger partial charge >= 0.3 is 0 Å². The van der Waals surface area contributed by atoms with Crippen LogP contribution in [0.2, 0.25) is 0 Å². The van der Waals surface area contributed by atoms with E-state index in [1.54, 1.807) is 50.5 Å². The highest BCUT2D eigenvalue weighted by Crippen LogP contribution is 2.25. The van der Waals surface area contributed by atoms with E-state index in [9.17, 15) is 19.2 Å². The van der Waals surface area contributed by atoms with Crippen molar-refractivity contribution >= 4 is 23.6 Å². The number of benzene rings is 2. The Balaban J connectivity index is 1.73. The number of nitrogens with zero attached hydrogens (tertiary/aromatic N) is 2. The molecule has 0 saturated carbocycles. The number of imide groups is 1. The first-order valence-corrected chi connectivity index (χ1v) is 10.3. The molecule has 1 N–H and O–H groups in total. The molecule has 0 aromatic heterocycles. The summed E-state index contributed by atoms with van der Waals surface area (Å²) in [7, 11) is 3.24. The second-order valence-electron chi connectivity index (χ2n) is 8.14. The summed E-state index contributed by atoms with van der Waals surface area (Å²) in [5.41, 5.74) is 2.40. The van der Waals surface area contributed by atoms with Crippen molar-refractivity contribution in [1.82, 2.24) is 15.1 Å². The lowest BCUT2D eigenvalue weighted by molar-refractivity contribution is 0.0647. The summed E-state index contributed by atoms with van der Waals surface area (Å²) in [4.78, 5) is 52.6. The van der Waals surface area contributed by atoms with Gasteiger partial charge in [-0.15, -0.1) is 0 Å². The van der Waals surface area contributed by atoms with E-state index < -0.39 is 0 Å². The monoisotopic (exact) mass is 421 g/mol. The number of carbonyl (C=O) groups is 4. The molecular formula is C24H27N3O4. The maximum Gasteiger partial charge on any atom is 0.261 e. The average Bonchev–Trinajstić information content (AvgIpc) is 3.00. The lowest BCUT2D eigenvalue weighted by atomic mass is 10.0. The summed E-state index contributed by atoms with van der Waals surface area (Å²) >= 11 is 0. The Morgan fingerprint density at radius 2 is 1.58 bits per heavy atom. The zero-order valence-electron chi connectivity index (χ0n) is 18.3. The molecule has 0 unspecified atom stereocenters. The van der Waals surface area contributed by atoms with Crippen LogP contribution in [0.3, 0.4) is 0 Å². The maximum absolute atomic E-state index is 12.9. The van der Waals surface area contributed by atoms with Crippen LogP contribution in [0.25, 0.3) is 0 Å². The lowest BCUT2D eigenvalue weighted by Crippen LogP contribution is -2.31. The molecule has 2 aromatic carbocycles. The number of fused-ring (bicyclic) bond motifs is 1. The van der Waals surface area contributed by atoms with Gasteiger partial charge in [-0.2, -0.15) is 0 Å². The number of carbonyl (C=O) groups excluding carboxylic acids is 4. The molecule has 0 fully saturated rings. The van der Waals surface area contributed by atoms with Gasteiger partial charge in [0.25, 0.3) is 23.6 Å². The zero-order chi connectivity index (χ0) is 22.7. The maximum atomic E-state index is 12.9. The number of nitrogens with one attached hydrogen (secondary N) is 1. The molecule has 4 amide bonds. The van der Waals surface area contributed by atoms with Gasteiger partial charge in [-0.3, -0.25) is 24.1 Å². The number of hydrogen-bond acceptors (Lipinski definition) is 4. The SMILES string of the molecule is CNC(=O)c1ccc(CN(C)C(=O)c2ccc3c(c2)C(=O)N(CCC(C)C)C3=O)cc1. The number of amides is 4. The van der Waals surface area contributed by atoms with Gasteiger partial charge in [-0.1, -0.05) is 26.0 Å². The summed E-state index contributed by atoms with van der Waals surface area (Å²) in [5, 5.41) is 2.57. The minimum absolute atomic E-state index is 0.171. The molecule has 0 saturated heterocycles. The van der Waals surface area contributed by atoms with Gasteiger partial charge in [-0.05, 0) is 48.2 Å². The zero-order valence-corrected chi connectivity index (χ0v) is 18.3. The Labute approximate surface area is 182 Å². The molecule has 0 radical (unpaired) electrons. The Morgan fingerprint density at radius 3 is 2.19 bits per heavy atom. The molecule has 31 heavy (non-hydrogen) atoms. The third-order valence-electron chi connectivity index (χ3n) is 5.36. The van der Waals surface area contributed by atoms with Crippen molar-refractivity contribution in [2.75, 3.05) is 20.6 Å². The first kappa shape index (κ1) is 22.2. The number of rotatable bonds is 7. The van der Waals surface area contributed by atoms with Crippen LogP contribution >= 0.6 is 0 Å². The highest BCUT2D eigenvalue weighted by molar-refractivity contribution is 6.22. The first-order valence-electron chi connectivity index (χ1n) is 10.3. The highest BCUT2D eigenvalue weighted by atomic mass is 16.2. The van der Waals surface area contributed by atoms with E-state index in [0.29, 0.717) is 35.7 Å². The Hall–Kier alpha value is -3.48. The molecule has 3 rings (SSSR count). The van der Waals surface area contributed by atoms with Crippen molar-refractivity contribution in [3.05, 3.63) is 70.3 Å². The second kappa shape index (κ2) is 9.12. The standard InChI is InChI=1S/C24H27N3O4/c1-15(2)11-12-27-23(30)19-10-9-18(13-20(19)24(27)31)22(29)26(4)14-16-5-7-17(8-6-16)21(28)25-3/h5-10,13,15H,11-12,14H2,1-4H3,(H,25,28). The van der Waals surface area contributed by atoms with E-state index in [4.69, 9.17) is 0 Å². The molecule has 0 bridgehead atoms. The quantitative estimate of drug-likeness (QED) is 0.697. The minimum Gasteiger partial charge on any atom is -0.355 e. The number of hydrogen-bond donors (Lipinski definition) is 1. The minimum atomic E-state index is -0.345. The molecule has 7 heteroatoms. The topological polar surface area (TPSA) is 86.8 Å². The molecule has 2 aromatic rings. The van der Waals surface area contributed by atoms with Gasteiger partial charge in [0.15, 0.2) is 0 Å². The van der Waals surface area contributed by atoms with Crippen LogP contribution in [0.4, 0.5) is 0 Å². The third kappa shape index (κ3) is 4.66. The van der Waals surface area contributed by atoms with Crippen LogP contribution in [-0.4, -0.2) is 54.1 Å². The predicted molar refractivity (Wildman–Crippen MR) is 117 cm³/mol. The fourth-order valence-electron chi connectivity index (χ4n) is 3.49. The van der Waals surface area contributed by atoms with E-state index in [1.165, 1.54) is 15.9 Å². The Kier molecular flexibility index (Phi) is 6.53. The summed E-state index contributed by atoms with van der Waals surface area (Å²) in [5.74, 6) is -0.692. The normalized spacial score (nSPS) is 12.9. The van der Waals surface area contributed by atoms with Gasteiger partial charge in [0.2, 0.25) is 0 Å². The Bertz CT molecular complexity index is 1030. The van der Waals surface area contributed by atoms with E-state index >= 15 is 0 Å². The molecular weight excluding hydrogens is 394 g/mol. The first-order chi connectivity index (χ1) is 14.7. The van der Waals surface area contributed by atoms with Gasteiger partial charge in [0.1, 0.15) is 0 Å². The van der Waals surface area contributed by atoms with Crippen molar-refractivity contribution in [2.24, 2.45) is 5.92 Å². The van der Waals surface area contributed by atoms with Crippen molar-refractivity contribution in [3.63, 3.8) is 0 Å². The largest absolute Gasteiger partial charge is 0.355 e. The third-order valence-corrected chi connectivity index (χ3v) is 5.36. The van der Waals surface area contributed by atoms with E-state index in [0.717, 1.165) is 12.0 Å². The summed E-state index contributed by atoms with van der Waals surface area (Å²) in [6.07, 6.45) is 0.735. The summed E-state index contributed by atoms with van der Waals surface area (Å²) in [6.45, 7) is 4.80. The van der Waals surface area contributed by atoms with Crippen molar-refractivity contribution in [1.29, 1.82) is 0 Å². The molecule has 1 aliphatic rings. The highest BCUT2D eigenvalue weighted by Gasteiger charge is 2.35. The molecule has 1 aliphatic heterocycles. The molecule has 7 nitrogen and oxygen atoms in total. The molecule has 0 atom stereocenters. The van der Waals surface area contributed by atoms with Crippen LogP contribution in [0, 0.1) is 5.92 Å². The summed E-state index contributed by atoms with van der Waals surface area (Å²) in [6, 6.07) is 11.7. The fourth-order valence-corrected chi connectivity index (χ4v) is 3.49. The van der Waals surface area contributed by atoms with Crippen LogP contribution in [-0.2, 0) is 6.54 Å². The van der Waals surface area contributed by atoms with Crippen LogP contribution in [0.1, 0.15) is 67.3 Å². The van der Waals surface area contributed by atoms with Gasteiger partial charge < -0.3 is 10.2 Å². The Morgan fingerprint density at radius 1 is 0.968 bits per heavy atom. The van der Waals surface area contributed by atoms with Crippen molar-refractivity contribution < 1.29 is 19.2 Å². The fraction of sp³-hybridized carbons (Fsp3) is 0.333. The van der Waals surface area contributed by atoms with E-state index in [-0.39, 0.29) is 29.2 Å². The lowest BCUT2D eigenvalue weighted by Gasteiger charge is -2.18.